The molecule has 0 fully saturated rings. The van der Waals surface area contributed by atoms with E-state index < -0.39 is 0 Å². The van der Waals surface area contributed by atoms with Gasteiger partial charge in [0.1, 0.15) is 5.75 Å². The van der Waals surface area contributed by atoms with Crippen molar-refractivity contribution in [1.29, 1.82) is 0 Å². The number of ketones is 1. The number of hydrogen-bond donors (Lipinski definition) is 0. The lowest BCUT2D eigenvalue weighted by Crippen LogP contribution is -2.12. The van der Waals surface area contributed by atoms with Crippen molar-refractivity contribution in [3.63, 3.8) is 0 Å². The van der Waals surface area contributed by atoms with Crippen molar-refractivity contribution in [1.82, 2.24) is 0 Å². The predicted molar refractivity (Wildman–Crippen MR) is 85.4 cm³/mol. The smallest absolute Gasteiger partial charge is 0.201 e. The number of para-hydroxylation sites is 1. The maximum Gasteiger partial charge on any atom is 0.201 e. The molecule has 0 atom stereocenters. The Morgan fingerprint density at radius 1 is 1.16 bits per heavy atom. The Morgan fingerprint density at radius 3 is 2.58 bits per heavy atom. The fourth-order valence-electron chi connectivity index (χ4n) is 1.50. The lowest BCUT2D eigenvalue weighted by Gasteiger charge is -2.08. The first-order valence-electron chi connectivity index (χ1n) is 5.43. The molecule has 2 aromatic rings. The maximum atomic E-state index is 12.0. The van der Waals surface area contributed by atoms with Crippen molar-refractivity contribution in [3.8, 4) is 5.75 Å². The summed E-state index contributed by atoms with van der Waals surface area (Å²) < 4.78 is 6.44. The lowest BCUT2D eigenvalue weighted by molar-refractivity contribution is 0.0921. The van der Waals surface area contributed by atoms with Crippen LogP contribution in [0.3, 0.4) is 0 Å². The molecule has 0 aliphatic rings. The molecule has 0 heterocycles. The molecule has 0 spiro atoms. The summed E-state index contributed by atoms with van der Waals surface area (Å²) in [6.45, 7) is -0.0542. The van der Waals surface area contributed by atoms with Gasteiger partial charge in [-0.1, -0.05) is 35.3 Å². The van der Waals surface area contributed by atoms with Crippen molar-refractivity contribution in [2.24, 2.45) is 0 Å². The number of halogens is 3. The maximum absolute atomic E-state index is 12.0. The van der Waals surface area contributed by atoms with Crippen molar-refractivity contribution >= 4 is 51.6 Å². The normalized spacial score (nSPS) is 10.3. The molecule has 0 radical (unpaired) electrons. The topological polar surface area (TPSA) is 26.3 Å². The molecule has 98 valence electrons. The third-order valence-electron chi connectivity index (χ3n) is 2.43. The summed E-state index contributed by atoms with van der Waals surface area (Å²) in [6, 6.07) is 12.3. The molecule has 0 amide bonds. The summed E-state index contributed by atoms with van der Waals surface area (Å²) in [7, 11) is 0. The van der Waals surface area contributed by atoms with Crippen LogP contribution in [0.2, 0.25) is 10.0 Å². The Kier molecular flexibility index (Phi) is 5.07. The fraction of sp³-hybridized carbons (Fsp3) is 0.0714. The average molecular weight is 407 g/mol. The number of rotatable bonds is 4. The highest BCUT2D eigenvalue weighted by atomic mass is 127. The second-order valence-electron chi connectivity index (χ2n) is 3.77. The summed E-state index contributed by atoms with van der Waals surface area (Å²) in [5.41, 5.74) is 0.414. The quantitative estimate of drug-likeness (QED) is 0.535. The Balaban J connectivity index is 2.08. The summed E-state index contributed by atoms with van der Waals surface area (Å²) in [6.07, 6.45) is 0. The molecule has 0 saturated carbocycles. The van der Waals surface area contributed by atoms with Gasteiger partial charge in [0.25, 0.3) is 0 Å². The van der Waals surface area contributed by atoms with Gasteiger partial charge in [0.15, 0.2) is 6.61 Å². The van der Waals surface area contributed by atoms with Crippen LogP contribution in [-0.4, -0.2) is 12.4 Å². The van der Waals surface area contributed by atoms with Crippen molar-refractivity contribution in [2.75, 3.05) is 6.61 Å². The molecule has 0 unspecified atom stereocenters. The van der Waals surface area contributed by atoms with E-state index >= 15 is 0 Å². The number of benzene rings is 2. The number of ether oxygens (including phenoxy) is 1. The Morgan fingerprint density at radius 2 is 1.89 bits per heavy atom. The Hall–Kier alpha value is -0.780. The van der Waals surface area contributed by atoms with Gasteiger partial charge in [-0.3, -0.25) is 4.79 Å². The van der Waals surface area contributed by atoms with E-state index in [0.29, 0.717) is 21.4 Å². The number of Topliss-reactive ketones (excluding diaryl/α,β-unsaturated/α-hetero) is 1. The van der Waals surface area contributed by atoms with Gasteiger partial charge < -0.3 is 4.74 Å². The molecule has 0 aliphatic heterocycles. The van der Waals surface area contributed by atoms with E-state index in [9.17, 15) is 4.79 Å². The molecular formula is C14H9Cl2IO2. The van der Waals surface area contributed by atoms with Crippen LogP contribution >= 0.6 is 45.8 Å². The molecule has 0 saturated heterocycles. The minimum absolute atomic E-state index is 0.0542. The first-order valence-corrected chi connectivity index (χ1v) is 7.27. The molecule has 2 nitrogen and oxygen atoms in total. The summed E-state index contributed by atoms with van der Waals surface area (Å²) in [4.78, 5) is 12.0. The van der Waals surface area contributed by atoms with E-state index in [0.717, 1.165) is 3.57 Å². The van der Waals surface area contributed by atoms with Gasteiger partial charge in [0.05, 0.1) is 8.59 Å². The fourth-order valence-corrected chi connectivity index (χ4v) is 2.56. The molecule has 2 rings (SSSR count). The van der Waals surface area contributed by atoms with Gasteiger partial charge in [-0.15, -0.1) is 0 Å². The largest absolute Gasteiger partial charge is 0.484 e. The Labute approximate surface area is 134 Å². The van der Waals surface area contributed by atoms with E-state index in [2.05, 4.69) is 22.6 Å². The van der Waals surface area contributed by atoms with Gasteiger partial charge in [0, 0.05) is 10.6 Å². The van der Waals surface area contributed by atoms with E-state index in [4.69, 9.17) is 27.9 Å². The van der Waals surface area contributed by atoms with E-state index in [1.807, 2.05) is 24.3 Å². The number of carbonyl (C=O) groups excluding carboxylic acids is 1. The zero-order valence-corrected chi connectivity index (χ0v) is 13.4. The van der Waals surface area contributed by atoms with Crippen LogP contribution in [0.25, 0.3) is 0 Å². The molecule has 5 heteroatoms. The van der Waals surface area contributed by atoms with Crippen LogP contribution in [0, 0.1) is 3.57 Å². The molecule has 0 N–H and O–H groups in total. The van der Waals surface area contributed by atoms with E-state index in [-0.39, 0.29) is 12.4 Å². The van der Waals surface area contributed by atoms with E-state index in [1.165, 1.54) is 0 Å². The van der Waals surface area contributed by atoms with Crippen LogP contribution in [0.15, 0.2) is 42.5 Å². The molecule has 0 bridgehead atoms. The Bertz CT molecular complexity index is 614. The molecule has 0 aliphatic carbocycles. The van der Waals surface area contributed by atoms with Crippen molar-refractivity contribution < 1.29 is 9.53 Å². The second-order valence-corrected chi connectivity index (χ2v) is 5.77. The average Bonchev–Trinajstić information content (AvgIpc) is 2.37. The lowest BCUT2D eigenvalue weighted by atomic mass is 10.1. The van der Waals surface area contributed by atoms with Gasteiger partial charge in [-0.05, 0) is 52.9 Å². The minimum atomic E-state index is -0.179. The summed E-state index contributed by atoms with van der Waals surface area (Å²) in [5.74, 6) is 0.503. The predicted octanol–water partition coefficient (Wildman–Crippen LogP) is 4.86. The van der Waals surface area contributed by atoms with Gasteiger partial charge in [0.2, 0.25) is 5.78 Å². The van der Waals surface area contributed by atoms with Crippen LogP contribution in [-0.2, 0) is 0 Å². The third kappa shape index (κ3) is 3.84. The van der Waals surface area contributed by atoms with Gasteiger partial charge >= 0.3 is 0 Å². The highest BCUT2D eigenvalue weighted by Crippen LogP contribution is 2.23. The second kappa shape index (κ2) is 6.59. The molecule has 0 aromatic heterocycles. The van der Waals surface area contributed by atoms with Crippen LogP contribution in [0.4, 0.5) is 0 Å². The SMILES string of the molecule is O=C(COc1ccccc1I)c1ccc(Cl)cc1Cl. The third-order valence-corrected chi connectivity index (χ3v) is 3.87. The first-order chi connectivity index (χ1) is 9.08. The number of carbonyl (C=O) groups is 1. The highest BCUT2D eigenvalue weighted by Gasteiger charge is 2.12. The van der Waals surface area contributed by atoms with E-state index in [1.54, 1.807) is 18.2 Å². The zero-order chi connectivity index (χ0) is 13.8. The number of hydrogen-bond acceptors (Lipinski definition) is 2. The van der Waals surface area contributed by atoms with Crippen LogP contribution in [0.1, 0.15) is 10.4 Å². The molecular weight excluding hydrogens is 398 g/mol. The summed E-state index contributed by atoms with van der Waals surface area (Å²) >= 11 is 13.9. The molecule has 19 heavy (non-hydrogen) atoms. The highest BCUT2D eigenvalue weighted by molar-refractivity contribution is 14.1. The first kappa shape index (κ1) is 14.6. The van der Waals surface area contributed by atoms with Gasteiger partial charge in [-0.2, -0.15) is 0 Å². The van der Waals surface area contributed by atoms with Gasteiger partial charge in [-0.25, -0.2) is 0 Å². The minimum Gasteiger partial charge on any atom is -0.484 e. The monoisotopic (exact) mass is 406 g/mol. The van der Waals surface area contributed by atoms with Crippen molar-refractivity contribution in [2.45, 2.75) is 0 Å². The van der Waals surface area contributed by atoms with Crippen LogP contribution in [0.5, 0.6) is 5.75 Å². The van der Waals surface area contributed by atoms with Crippen molar-refractivity contribution in [3.05, 3.63) is 61.6 Å². The standard InChI is InChI=1S/C14H9Cl2IO2/c15-9-5-6-10(11(16)7-9)13(18)8-19-14-4-2-1-3-12(14)17/h1-7H,8H2. The van der Waals surface area contributed by atoms with Crippen LogP contribution < -0.4 is 4.74 Å². The summed E-state index contributed by atoms with van der Waals surface area (Å²) in [5, 5.41) is 0.837. The zero-order valence-electron chi connectivity index (χ0n) is 9.70. The molecule has 2 aromatic carbocycles.